The Bertz CT molecular complexity index is 4550. The van der Waals surface area contributed by atoms with Crippen LogP contribution in [0.3, 0.4) is 0 Å². The van der Waals surface area contributed by atoms with Gasteiger partial charge in [-0.2, -0.15) is 0 Å². The highest BCUT2D eigenvalue weighted by Crippen LogP contribution is 2.55. The van der Waals surface area contributed by atoms with Gasteiger partial charge in [0, 0.05) is 67.8 Å². The summed E-state index contributed by atoms with van der Waals surface area (Å²) in [6.45, 7) is 13.2. The molecule has 0 fully saturated rings. The van der Waals surface area contributed by atoms with Crippen molar-refractivity contribution in [2.75, 3.05) is 16.0 Å². The lowest BCUT2D eigenvalue weighted by Crippen LogP contribution is -2.38. The molecule has 3 aliphatic rings. The van der Waals surface area contributed by atoms with Crippen LogP contribution in [0.15, 0.2) is 174 Å². The van der Waals surface area contributed by atoms with Crippen molar-refractivity contribution in [3.8, 4) is 57.4 Å². The number of ether oxygens (including phenoxy) is 3. The number of carbonyl (C=O) groups is 4. The van der Waals surface area contributed by atoms with Crippen molar-refractivity contribution in [2.24, 2.45) is 16.2 Å². The summed E-state index contributed by atoms with van der Waals surface area (Å²) in [6.07, 6.45) is 0.281. The van der Waals surface area contributed by atoms with Crippen molar-refractivity contribution in [3.63, 3.8) is 0 Å². The third kappa shape index (κ3) is 13.0. The van der Waals surface area contributed by atoms with Gasteiger partial charge in [0.15, 0.2) is 0 Å². The van der Waals surface area contributed by atoms with Crippen LogP contribution in [0.1, 0.15) is 122 Å². The highest BCUT2D eigenvalue weighted by atomic mass is 35.5. The summed E-state index contributed by atoms with van der Waals surface area (Å²) in [5.74, 6) is 2.12. The lowest BCUT2D eigenvalue weighted by Gasteiger charge is -2.37. The zero-order valence-electron chi connectivity index (χ0n) is 51.1. The molecule has 0 aliphatic carbocycles. The van der Waals surface area contributed by atoms with Crippen LogP contribution < -0.4 is 30.2 Å². The number of fused-ring (bicyclic) bond motifs is 6. The first-order valence-electron chi connectivity index (χ1n) is 29.3. The van der Waals surface area contributed by atoms with E-state index in [1.165, 1.54) is 34.0 Å². The van der Waals surface area contributed by atoms with Gasteiger partial charge >= 0.3 is 0 Å². The molecule has 0 saturated carbocycles. The van der Waals surface area contributed by atoms with Crippen LogP contribution in [0.2, 0.25) is 5.15 Å². The van der Waals surface area contributed by atoms with Crippen molar-refractivity contribution < 1.29 is 38.5 Å². The summed E-state index contributed by atoms with van der Waals surface area (Å²) in [6, 6.07) is 49.4. The third-order valence-electron chi connectivity index (χ3n) is 16.6. The molecule has 0 spiro atoms. The number of para-hydroxylation sites is 3. The minimum absolute atomic E-state index is 0.156. The largest absolute Gasteiger partial charge is 0.438 e. The van der Waals surface area contributed by atoms with E-state index in [0.717, 1.165) is 67.7 Å². The first-order chi connectivity index (χ1) is 44.8. The fraction of sp³-hybridized carbons (Fsp3) is 0.203. The van der Waals surface area contributed by atoms with Gasteiger partial charge in [-0.25, -0.2) is 15.0 Å². The number of rotatable bonds is 13. The molecule has 0 bridgehead atoms. The molecular formula is C69H59ClN12O8S3. The molecule has 93 heavy (non-hydrogen) atoms. The minimum Gasteiger partial charge on any atom is -0.438 e. The Kier molecular flexibility index (Phi) is 17.8. The second-order valence-corrected chi connectivity index (χ2v) is 26.6. The summed E-state index contributed by atoms with van der Waals surface area (Å²) in [5.41, 5.74) is 12.3. The Labute approximate surface area is 551 Å². The maximum Gasteiger partial charge on any atom is 0.232 e. The molecule has 20 nitrogen and oxygen atoms in total. The van der Waals surface area contributed by atoms with E-state index in [9.17, 15) is 24.3 Å². The second kappa shape index (κ2) is 26.3. The van der Waals surface area contributed by atoms with E-state index < -0.39 is 22.3 Å². The molecule has 1 unspecified atom stereocenters. The number of aromatic nitrogens is 9. The summed E-state index contributed by atoms with van der Waals surface area (Å²) in [7, 11) is 0. The highest BCUT2D eigenvalue weighted by Gasteiger charge is 2.47. The van der Waals surface area contributed by atoms with E-state index in [4.69, 9.17) is 35.8 Å². The summed E-state index contributed by atoms with van der Waals surface area (Å²) < 4.78 is 18.3. The molecule has 3 amide bonds. The van der Waals surface area contributed by atoms with Gasteiger partial charge in [-0.15, -0.1) is 30.6 Å². The average Bonchev–Trinajstić information content (AvgIpc) is 1.37. The van der Waals surface area contributed by atoms with Crippen LogP contribution in [-0.4, -0.2) is 74.7 Å². The number of anilines is 3. The minimum atomic E-state index is -0.838. The number of aliphatic hydroxyl groups is 1. The molecule has 14 rings (SSSR count). The van der Waals surface area contributed by atoms with Gasteiger partial charge in [-0.05, 0) is 55.0 Å². The van der Waals surface area contributed by atoms with Crippen molar-refractivity contribution in [3.05, 3.63) is 224 Å². The number of hydrogen-bond donors (Lipinski definition) is 4. The first-order valence-corrected chi connectivity index (χ1v) is 32.4. The number of aliphatic hydroxyl groups excluding tert-OH is 1. The van der Waals surface area contributed by atoms with Crippen LogP contribution in [0.25, 0.3) is 22.5 Å². The first kappa shape index (κ1) is 63.1. The van der Waals surface area contributed by atoms with E-state index in [0.29, 0.717) is 61.0 Å². The molecule has 11 aromatic rings. The topological polar surface area (TPSA) is 268 Å². The zero-order chi connectivity index (χ0) is 65.2. The quantitative estimate of drug-likeness (QED) is 0.0617. The Balaban J connectivity index is 0.000000135. The fourth-order valence-corrected chi connectivity index (χ4v) is 13.1. The molecule has 3 aliphatic heterocycles. The fourth-order valence-electron chi connectivity index (χ4n) is 11.7. The number of benzene rings is 5. The molecule has 0 radical (unpaired) electrons. The van der Waals surface area contributed by atoms with E-state index in [-0.39, 0.29) is 35.5 Å². The van der Waals surface area contributed by atoms with Crippen molar-refractivity contribution in [1.29, 1.82) is 0 Å². The van der Waals surface area contributed by atoms with E-state index in [1.54, 1.807) is 41.7 Å². The average molecular weight is 1320 g/mol. The van der Waals surface area contributed by atoms with E-state index in [1.807, 2.05) is 181 Å². The molecule has 4 N–H and O–H groups in total. The Morgan fingerprint density at radius 3 is 1.16 bits per heavy atom. The smallest absolute Gasteiger partial charge is 0.232 e. The number of carbonyl (C=O) groups excluding carboxylic acids is 4. The van der Waals surface area contributed by atoms with Gasteiger partial charge in [0.2, 0.25) is 50.8 Å². The zero-order valence-corrected chi connectivity index (χ0v) is 54.3. The predicted molar refractivity (Wildman–Crippen MR) is 357 cm³/mol. The van der Waals surface area contributed by atoms with Gasteiger partial charge in [-0.1, -0.05) is 202 Å². The number of nitrogens with one attached hydrogen (secondary N) is 3. The molecular weight excluding hydrogens is 1260 g/mol. The van der Waals surface area contributed by atoms with Gasteiger partial charge in [-0.3, -0.25) is 19.2 Å². The lowest BCUT2D eigenvalue weighted by molar-refractivity contribution is -0.125. The number of hydrogen-bond acceptors (Lipinski definition) is 20. The van der Waals surface area contributed by atoms with Crippen molar-refractivity contribution >= 4 is 85.0 Å². The Hall–Kier alpha value is -10.0. The Morgan fingerprint density at radius 1 is 0.473 bits per heavy atom. The van der Waals surface area contributed by atoms with Crippen molar-refractivity contribution in [2.45, 2.75) is 72.3 Å². The molecule has 468 valence electrons. The number of pyridine rings is 3. The van der Waals surface area contributed by atoms with Crippen LogP contribution in [0, 0.1) is 16.2 Å². The number of aldehydes is 1. The second-order valence-electron chi connectivity index (χ2n) is 23.7. The number of nitrogens with zero attached hydrogens (tertiary/aromatic N) is 9. The molecule has 6 aromatic heterocycles. The maximum absolute atomic E-state index is 13.4. The summed E-state index contributed by atoms with van der Waals surface area (Å²) >= 11 is 9.87. The maximum atomic E-state index is 13.4. The van der Waals surface area contributed by atoms with Gasteiger partial charge in [0.25, 0.3) is 0 Å². The molecule has 5 aromatic carbocycles. The van der Waals surface area contributed by atoms with E-state index >= 15 is 0 Å². The van der Waals surface area contributed by atoms with Crippen LogP contribution in [0.4, 0.5) is 15.4 Å². The molecule has 4 atom stereocenters. The van der Waals surface area contributed by atoms with Gasteiger partial charge in [0.05, 0.1) is 33.7 Å². The van der Waals surface area contributed by atoms with Crippen LogP contribution in [-0.2, 0) is 14.4 Å². The van der Waals surface area contributed by atoms with Crippen molar-refractivity contribution in [1.82, 2.24) is 45.5 Å². The van der Waals surface area contributed by atoms with Gasteiger partial charge < -0.3 is 35.3 Å². The van der Waals surface area contributed by atoms with Crippen LogP contribution in [0.5, 0.6) is 34.9 Å². The normalized spacial score (nSPS) is 15.2. The molecule has 9 heterocycles. The predicted octanol–water partition coefficient (Wildman–Crippen LogP) is 15.4. The van der Waals surface area contributed by atoms with Crippen LogP contribution >= 0.6 is 45.6 Å². The third-order valence-corrected chi connectivity index (χ3v) is 18.6. The van der Waals surface area contributed by atoms with Gasteiger partial charge in [0.1, 0.15) is 45.2 Å². The molecule has 24 heteroatoms. The standard InChI is InChI=1S/C26H24N4O3S.C25H20N4O3S.C18H15ClN4O2S/c1-15(31)16-8-10-17(11-9-16)20-13-12-19-22(18-6-4-5-7-21(18)33-23(19)28-20)26(2,3)24(32)29-25-30-27-14-34-25;1-25(2,23(31)28-24-29-26-14-33-24)21-17-5-3-4-6-20(17)32-22-18(21)11-12-19(27-22)16-9-7-15(13-30)8-10-16;1-18(2,16(24)22-17-23-20-9-26-17)14-10-5-3-4-6-12(10)25-15-11(14)7-8-13(19)21-15/h4-15,22,31H,1-3H3,(H,29,30,32);3-14,21H,1-2H3,(H,28,29,31);3-9,14H,1-2H3,(H,22,23,24)/t15?,22-;21-;14-/m000/s1. The monoisotopic (exact) mass is 1310 g/mol. The van der Waals surface area contributed by atoms with E-state index in [2.05, 4.69) is 51.5 Å². The Morgan fingerprint density at radius 2 is 0.817 bits per heavy atom. The summed E-state index contributed by atoms with van der Waals surface area (Å²) in [4.78, 5) is 64.6. The number of amides is 3. The number of halogens is 1. The molecule has 0 saturated heterocycles. The summed E-state index contributed by atoms with van der Waals surface area (Å²) in [5, 5.41) is 43.3. The lowest BCUT2D eigenvalue weighted by atomic mass is 9.69. The SMILES string of the molecule is CC(C)(C(=O)Nc1nncs1)[C@H]1c2ccccc2Oc2nc(-c3ccc(C=O)cc3)ccc21.CC(C)(C(=O)Nc1nncs1)[C@H]1c2ccccc2Oc2nc(Cl)ccc21.CC(O)c1ccc(-c2ccc3c(n2)Oc2ccccc2[C@@H]3C(C)(C)C(=O)Nc2nncs2)cc1. The highest BCUT2D eigenvalue weighted by molar-refractivity contribution is 7.14.